The summed E-state index contributed by atoms with van der Waals surface area (Å²) in [7, 11) is -2.72. The average Bonchev–Trinajstić information content (AvgIpc) is 3.16. The third kappa shape index (κ3) is 4.54. The summed E-state index contributed by atoms with van der Waals surface area (Å²) in [5.41, 5.74) is 3.60. The monoisotopic (exact) mass is 528 g/mol. The van der Waals surface area contributed by atoms with Gasteiger partial charge < -0.3 is 9.05 Å². The molecule has 2 aliphatic rings. The van der Waals surface area contributed by atoms with Crippen LogP contribution in [0.25, 0.3) is 23.7 Å². The lowest BCUT2D eigenvalue weighted by Crippen LogP contribution is -2.00. The standard InChI is InChI=1S/C29H21O4PS2/c1-31-34(30,32-24-18-20-10-2-6-14-26(20)35-28-16-8-4-12-22(24)28)33-25-19-21-11-3-7-15-27(21)36-29-17-9-5-13-23(25)29/h2-19H,1H3. The normalized spacial score (nSPS) is 14.0. The second kappa shape index (κ2) is 9.72. The maximum absolute atomic E-state index is 14.0. The SMILES string of the molecule is COP(=O)(OC1=Cc2ccccc2Sc2ccccc21)OC1=Cc2ccccc2Sc2ccccc21. The van der Waals surface area contributed by atoms with Gasteiger partial charge in [-0.2, -0.15) is 0 Å². The molecular formula is C29H21O4PS2. The summed E-state index contributed by atoms with van der Waals surface area (Å²) in [5, 5.41) is 0. The molecule has 0 N–H and O–H groups in total. The maximum atomic E-state index is 14.0. The average molecular weight is 529 g/mol. The molecule has 178 valence electrons. The predicted molar refractivity (Wildman–Crippen MR) is 147 cm³/mol. The molecule has 0 unspecified atom stereocenters. The minimum Gasteiger partial charge on any atom is -0.394 e. The number of rotatable bonds is 5. The number of phosphoric ester groups is 1. The highest BCUT2D eigenvalue weighted by Gasteiger charge is 2.34. The Kier molecular flexibility index (Phi) is 6.28. The molecule has 36 heavy (non-hydrogen) atoms. The Morgan fingerprint density at radius 3 is 1.39 bits per heavy atom. The van der Waals surface area contributed by atoms with Gasteiger partial charge in [-0.05, 0) is 47.5 Å². The van der Waals surface area contributed by atoms with Crippen LogP contribution in [-0.2, 0) is 18.1 Å². The van der Waals surface area contributed by atoms with Crippen molar-refractivity contribution in [1.82, 2.24) is 0 Å². The highest BCUT2D eigenvalue weighted by Crippen LogP contribution is 2.58. The minimum atomic E-state index is -4.07. The van der Waals surface area contributed by atoms with Crippen LogP contribution in [0.3, 0.4) is 0 Å². The first kappa shape index (κ1) is 23.3. The molecule has 0 aromatic heterocycles. The highest BCUT2D eigenvalue weighted by atomic mass is 32.2. The lowest BCUT2D eigenvalue weighted by atomic mass is 10.1. The number of phosphoric acid groups is 1. The third-order valence-corrected chi connectivity index (χ3v) is 9.42. The van der Waals surface area contributed by atoms with Gasteiger partial charge in [0.05, 0.1) is 0 Å². The van der Waals surface area contributed by atoms with Crippen molar-refractivity contribution >= 4 is 55.0 Å². The first-order valence-corrected chi connectivity index (χ1v) is 14.4. The van der Waals surface area contributed by atoms with Gasteiger partial charge in [-0.15, -0.1) is 0 Å². The summed E-state index contributed by atoms with van der Waals surface area (Å²) < 4.78 is 31.8. The van der Waals surface area contributed by atoms with Crippen LogP contribution >= 0.6 is 31.3 Å². The molecule has 2 aliphatic heterocycles. The molecule has 4 aromatic carbocycles. The zero-order valence-corrected chi connectivity index (χ0v) is 21.8. The topological polar surface area (TPSA) is 44.8 Å². The molecule has 0 fully saturated rings. The second-order valence-corrected chi connectivity index (χ2v) is 11.9. The molecule has 0 amide bonds. The van der Waals surface area contributed by atoms with Gasteiger partial charge in [-0.1, -0.05) is 96.3 Å². The summed E-state index contributed by atoms with van der Waals surface area (Å²) in [5.74, 6) is 0.871. The molecule has 4 aromatic rings. The van der Waals surface area contributed by atoms with E-state index in [9.17, 15) is 4.57 Å². The zero-order chi connectivity index (χ0) is 24.5. The van der Waals surface area contributed by atoms with Crippen LogP contribution in [0.15, 0.2) is 117 Å². The fraction of sp³-hybridized carbons (Fsp3) is 0.0345. The lowest BCUT2D eigenvalue weighted by molar-refractivity contribution is 0.228. The van der Waals surface area contributed by atoms with Crippen molar-refractivity contribution in [3.8, 4) is 0 Å². The van der Waals surface area contributed by atoms with Crippen molar-refractivity contribution in [3.05, 3.63) is 119 Å². The quantitative estimate of drug-likeness (QED) is 0.241. The number of hydrogen-bond acceptors (Lipinski definition) is 6. The number of benzene rings is 4. The summed E-state index contributed by atoms with van der Waals surface area (Å²) >= 11 is 3.29. The van der Waals surface area contributed by atoms with E-state index in [2.05, 4.69) is 12.1 Å². The van der Waals surface area contributed by atoms with Crippen molar-refractivity contribution in [1.29, 1.82) is 0 Å². The van der Waals surface area contributed by atoms with Crippen LogP contribution in [0.2, 0.25) is 0 Å². The molecule has 0 spiro atoms. The summed E-state index contributed by atoms with van der Waals surface area (Å²) in [6.07, 6.45) is 3.79. The molecule has 0 aliphatic carbocycles. The smallest absolute Gasteiger partial charge is 0.394 e. The van der Waals surface area contributed by atoms with Gasteiger partial charge in [-0.25, -0.2) is 4.57 Å². The first-order valence-electron chi connectivity index (χ1n) is 11.3. The van der Waals surface area contributed by atoms with E-state index in [0.717, 1.165) is 41.8 Å². The highest BCUT2D eigenvalue weighted by molar-refractivity contribution is 7.99. The summed E-state index contributed by atoms with van der Waals surface area (Å²) in [6, 6.07) is 31.9. The van der Waals surface area contributed by atoms with Gasteiger partial charge in [-0.3, -0.25) is 4.52 Å². The van der Waals surface area contributed by atoms with E-state index in [1.165, 1.54) is 7.11 Å². The molecule has 4 nitrogen and oxygen atoms in total. The van der Waals surface area contributed by atoms with E-state index in [4.69, 9.17) is 13.6 Å². The van der Waals surface area contributed by atoms with Gasteiger partial charge in [0.25, 0.3) is 0 Å². The Balaban J connectivity index is 1.42. The number of hydrogen-bond donors (Lipinski definition) is 0. The van der Waals surface area contributed by atoms with Crippen molar-refractivity contribution < 1.29 is 18.1 Å². The van der Waals surface area contributed by atoms with Gasteiger partial charge in [0.15, 0.2) is 0 Å². The van der Waals surface area contributed by atoms with Crippen LogP contribution < -0.4 is 0 Å². The Morgan fingerprint density at radius 2 is 0.944 bits per heavy atom. The largest absolute Gasteiger partial charge is 0.587 e. The molecule has 0 radical (unpaired) electrons. The predicted octanol–water partition coefficient (Wildman–Crippen LogP) is 9.10. The Bertz CT molecular complexity index is 1460. The maximum Gasteiger partial charge on any atom is 0.587 e. The lowest BCUT2D eigenvalue weighted by Gasteiger charge is -2.21. The fourth-order valence-corrected chi connectivity index (χ4v) is 7.14. The molecular weight excluding hydrogens is 507 g/mol. The van der Waals surface area contributed by atoms with Gasteiger partial charge >= 0.3 is 7.82 Å². The van der Waals surface area contributed by atoms with Crippen molar-refractivity contribution in [2.24, 2.45) is 0 Å². The van der Waals surface area contributed by atoms with Crippen LogP contribution in [-0.4, -0.2) is 7.11 Å². The zero-order valence-electron chi connectivity index (χ0n) is 19.3. The van der Waals surface area contributed by atoms with Crippen LogP contribution in [0.1, 0.15) is 22.3 Å². The Hall–Kier alpha value is -3.15. The van der Waals surface area contributed by atoms with Crippen molar-refractivity contribution in [3.63, 3.8) is 0 Å². The van der Waals surface area contributed by atoms with Crippen LogP contribution in [0, 0.1) is 0 Å². The van der Waals surface area contributed by atoms with Crippen LogP contribution in [0.4, 0.5) is 0 Å². The molecule has 0 bridgehead atoms. The molecule has 2 heterocycles. The van der Waals surface area contributed by atoms with Crippen molar-refractivity contribution in [2.45, 2.75) is 19.6 Å². The van der Waals surface area contributed by atoms with Gasteiger partial charge in [0.2, 0.25) is 0 Å². The number of fused-ring (bicyclic) bond motifs is 4. The van der Waals surface area contributed by atoms with Crippen molar-refractivity contribution in [2.75, 3.05) is 7.11 Å². The van der Waals surface area contributed by atoms with E-state index < -0.39 is 7.82 Å². The van der Waals surface area contributed by atoms with Gasteiger partial charge in [0, 0.05) is 37.8 Å². The molecule has 0 atom stereocenters. The summed E-state index contributed by atoms with van der Waals surface area (Å²) in [4.78, 5) is 4.18. The minimum absolute atomic E-state index is 0.436. The molecule has 6 rings (SSSR count). The van der Waals surface area contributed by atoms with E-state index in [0.29, 0.717) is 11.5 Å². The first-order chi connectivity index (χ1) is 17.6. The summed E-state index contributed by atoms with van der Waals surface area (Å²) in [6.45, 7) is 0. The Labute approximate surface area is 218 Å². The second-order valence-electron chi connectivity index (χ2n) is 8.10. The van der Waals surface area contributed by atoms with E-state index in [1.54, 1.807) is 23.5 Å². The molecule has 0 saturated carbocycles. The van der Waals surface area contributed by atoms with E-state index in [-0.39, 0.29) is 0 Å². The van der Waals surface area contributed by atoms with Crippen LogP contribution in [0.5, 0.6) is 0 Å². The Morgan fingerprint density at radius 1 is 0.556 bits per heavy atom. The molecule has 0 saturated heterocycles. The van der Waals surface area contributed by atoms with E-state index in [1.807, 2.05) is 97.1 Å². The van der Waals surface area contributed by atoms with E-state index >= 15 is 0 Å². The van der Waals surface area contributed by atoms with Gasteiger partial charge in [0.1, 0.15) is 11.5 Å². The molecule has 7 heteroatoms. The third-order valence-electron chi connectivity index (χ3n) is 5.80. The fourth-order valence-electron chi connectivity index (χ4n) is 4.06.